The number of ether oxygens (including phenoxy) is 1. The summed E-state index contributed by atoms with van der Waals surface area (Å²) >= 11 is 1.29. The number of aryl methyl sites for hydroxylation is 1. The minimum atomic E-state index is -4.93. The van der Waals surface area contributed by atoms with Gasteiger partial charge < -0.3 is 15.4 Å². The Morgan fingerprint density at radius 3 is 2.54 bits per heavy atom. The maximum atomic E-state index is 13.6. The monoisotopic (exact) mass is 504 g/mol. The maximum Gasteiger partial charge on any atom is 0.419 e. The van der Waals surface area contributed by atoms with Gasteiger partial charge in [-0.05, 0) is 43.3 Å². The van der Waals surface area contributed by atoms with Gasteiger partial charge in [-0.15, -0.1) is 11.3 Å². The lowest BCUT2D eigenvalue weighted by Crippen LogP contribution is -2.19. The predicted octanol–water partition coefficient (Wildman–Crippen LogP) is 5.67. The van der Waals surface area contributed by atoms with Crippen LogP contribution >= 0.6 is 11.3 Å². The van der Waals surface area contributed by atoms with Crippen molar-refractivity contribution in [2.75, 3.05) is 17.7 Å². The number of pyridine rings is 1. The fraction of sp³-hybridized carbons (Fsp3) is 0.130. The van der Waals surface area contributed by atoms with Crippen LogP contribution in [0.3, 0.4) is 0 Å². The first kappa shape index (κ1) is 24.1. The summed E-state index contributed by atoms with van der Waals surface area (Å²) in [5, 5.41) is 5.64. The number of carbonyl (C=O) groups is 2. The van der Waals surface area contributed by atoms with Crippen molar-refractivity contribution >= 4 is 44.7 Å². The number of anilines is 2. The van der Waals surface area contributed by atoms with E-state index in [4.69, 9.17) is 4.74 Å². The summed E-state index contributed by atoms with van der Waals surface area (Å²) in [4.78, 5) is 34.3. The number of aromatic nitrogens is 2. The smallest absolute Gasteiger partial charge is 0.419 e. The highest BCUT2D eigenvalue weighted by molar-refractivity contribution is 7.19. The Morgan fingerprint density at radius 1 is 1.06 bits per heavy atom. The number of halogens is 4. The van der Waals surface area contributed by atoms with Crippen molar-refractivity contribution in [3.63, 3.8) is 0 Å². The number of carbonyl (C=O) groups excluding carboxylic acids is 2. The number of methoxy groups -OCH3 is 1. The zero-order valence-electron chi connectivity index (χ0n) is 18.2. The highest BCUT2D eigenvalue weighted by Crippen LogP contribution is 2.34. The quantitative estimate of drug-likeness (QED) is 0.342. The van der Waals surface area contributed by atoms with Gasteiger partial charge in [0, 0.05) is 11.9 Å². The van der Waals surface area contributed by atoms with E-state index in [9.17, 15) is 27.2 Å². The summed E-state index contributed by atoms with van der Waals surface area (Å²) in [5.74, 6) is -2.60. The Morgan fingerprint density at radius 2 is 1.83 bits per heavy atom. The van der Waals surface area contributed by atoms with Gasteiger partial charge in [0.25, 0.3) is 11.8 Å². The fourth-order valence-electron chi connectivity index (χ4n) is 3.37. The highest BCUT2D eigenvalue weighted by atomic mass is 32.1. The van der Waals surface area contributed by atoms with Crippen molar-refractivity contribution in [2.45, 2.75) is 13.1 Å². The summed E-state index contributed by atoms with van der Waals surface area (Å²) < 4.78 is 58.5. The minimum absolute atomic E-state index is 0.00782. The molecule has 4 aromatic rings. The number of fused-ring (bicyclic) bond motifs is 1. The topological polar surface area (TPSA) is 93.2 Å². The molecular formula is C23H16F4N4O3S. The van der Waals surface area contributed by atoms with E-state index in [0.29, 0.717) is 28.1 Å². The van der Waals surface area contributed by atoms with Crippen LogP contribution in [0.1, 0.15) is 31.3 Å². The van der Waals surface area contributed by atoms with Gasteiger partial charge in [0.1, 0.15) is 17.1 Å². The molecule has 2 aromatic heterocycles. The van der Waals surface area contributed by atoms with E-state index in [2.05, 4.69) is 20.6 Å². The van der Waals surface area contributed by atoms with E-state index in [1.165, 1.54) is 36.9 Å². The van der Waals surface area contributed by atoms with Crippen LogP contribution in [0, 0.1) is 12.7 Å². The van der Waals surface area contributed by atoms with E-state index < -0.39 is 29.4 Å². The second-order valence-electron chi connectivity index (χ2n) is 7.25. The van der Waals surface area contributed by atoms with Crippen molar-refractivity contribution in [2.24, 2.45) is 0 Å². The summed E-state index contributed by atoms with van der Waals surface area (Å²) in [6, 6.07) is 6.70. The minimum Gasteiger partial charge on any atom is -0.496 e. The Bertz CT molecular complexity index is 1450. The molecule has 2 amide bonds. The number of hydrogen-bond donors (Lipinski definition) is 2. The molecule has 0 unspecified atom stereocenters. The van der Waals surface area contributed by atoms with Gasteiger partial charge in [0.2, 0.25) is 0 Å². The lowest BCUT2D eigenvalue weighted by Gasteiger charge is -2.14. The molecule has 35 heavy (non-hydrogen) atoms. The van der Waals surface area contributed by atoms with Crippen molar-refractivity contribution in [1.29, 1.82) is 0 Å². The largest absolute Gasteiger partial charge is 0.496 e. The first-order chi connectivity index (χ1) is 16.6. The molecule has 4 rings (SSSR count). The lowest BCUT2D eigenvalue weighted by atomic mass is 10.1. The number of nitrogens with zero attached hydrogens (tertiary/aromatic N) is 2. The van der Waals surface area contributed by atoms with Crippen molar-refractivity contribution in [3.8, 4) is 5.75 Å². The second-order valence-corrected chi connectivity index (χ2v) is 8.45. The van der Waals surface area contributed by atoms with E-state index in [1.54, 1.807) is 19.1 Å². The number of alkyl halides is 3. The molecule has 2 aromatic carbocycles. The van der Waals surface area contributed by atoms with E-state index >= 15 is 0 Å². The van der Waals surface area contributed by atoms with Crippen molar-refractivity contribution in [1.82, 2.24) is 9.97 Å². The third-order valence-electron chi connectivity index (χ3n) is 4.92. The van der Waals surface area contributed by atoms with Crippen LogP contribution in [0.15, 0.2) is 48.8 Å². The number of thiazole rings is 1. The molecule has 7 nitrogen and oxygen atoms in total. The maximum absolute atomic E-state index is 13.6. The number of benzene rings is 2. The number of amides is 2. The molecule has 2 heterocycles. The average molecular weight is 504 g/mol. The third kappa shape index (κ3) is 4.92. The molecular weight excluding hydrogens is 488 g/mol. The van der Waals surface area contributed by atoms with E-state index in [-0.39, 0.29) is 22.5 Å². The van der Waals surface area contributed by atoms with E-state index in [0.717, 1.165) is 11.1 Å². The van der Waals surface area contributed by atoms with Gasteiger partial charge in [0.15, 0.2) is 0 Å². The molecule has 0 aliphatic heterocycles. The summed E-state index contributed by atoms with van der Waals surface area (Å²) in [5.41, 5.74) is -1.05. The molecule has 0 aliphatic rings. The molecule has 0 atom stereocenters. The Kier molecular flexibility index (Phi) is 6.39. The normalized spacial score (nSPS) is 11.4. The molecule has 0 fully saturated rings. The van der Waals surface area contributed by atoms with Crippen LogP contribution in [0.2, 0.25) is 0 Å². The van der Waals surface area contributed by atoms with Gasteiger partial charge in [0.05, 0.1) is 45.3 Å². The molecule has 180 valence electrons. The van der Waals surface area contributed by atoms with Gasteiger partial charge >= 0.3 is 6.18 Å². The van der Waals surface area contributed by atoms with Crippen molar-refractivity contribution < 1.29 is 31.9 Å². The predicted molar refractivity (Wildman–Crippen MR) is 122 cm³/mol. The molecule has 0 spiro atoms. The van der Waals surface area contributed by atoms with Gasteiger partial charge in [-0.2, -0.15) is 13.2 Å². The zero-order chi connectivity index (χ0) is 25.3. The molecule has 12 heteroatoms. The van der Waals surface area contributed by atoms with Crippen LogP contribution < -0.4 is 15.4 Å². The van der Waals surface area contributed by atoms with Gasteiger partial charge in [-0.1, -0.05) is 0 Å². The summed E-state index contributed by atoms with van der Waals surface area (Å²) in [6.45, 7) is 1.79. The zero-order valence-corrected chi connectivity index (χ0v) is 19.0. The molecule has 0 saturated carbocycles. The molecule has 2 N–H and O–H groups in total. The first-order valence-corrected chi connectivity index (χ1v) is 10.8. The van der Waals surface area contributed by atoms with Crippen LogP contribution in [0.25, 0.3) is 10.2 Å². The van der Waals surface area contributed by atoms with Crippen LogP contribution in [0.4, 0.5) is 28.9 Å². The number of rotatable bonds is 5. The molecule has 0 aliphatic carbocycles. The van der Waals surface area contributed by atoms with Gasteiger partial charge in [-0.3, -0.25) is 14.6 Å². The lowest BCUT2D eigenvalue weighted by molar-refractivity contribution is -0.139. The molecule has 0 radical (unpaired) electrons. The Hall–Kier alpha value is -4.06. The summed E-state index contributed by atoms with van der Waals surface area (Å²) in [6.07, 6.45) is -2.43. The standard InChI is InChI=1S/C23H16F4N4O3S/c1-11-29-16-5-6-18(34-2)19(20(16)35-11)22(33)31-17-10-28-8-7-13(17)21(32)30-12-3-4-15(24)14(9-12)23(25,26)27/h3-10H,1-2H3,(H,30,32)(H,31,33). The second kappa shape index (κ2) is 9.29. The summed E-state index contributed by atoms with van der Waals surface area (Å²) in [7, 11) is 1.41. The van der Waals surface area contributed by atoms with E-state index in [1.807, 2.05) is 0 Å². The van der Waals surface area contributed by atoms with Crippen molar-refractivity contribution in [3.05, 3.63) is 76.3 Å². The van der Waals surface area contributed by atoms with Crippen LogP contribution in [0.5, 0.6) is 5.75 Å². The number of hydrogen-bond acceptors (Lipinski definition) is 6. The van der Waals surface area contributed by atoms with Crippen LogP contribution in [-0.4, -0.2) is 28.9 Å². The molecule has 0 saturated heterocycles. The third-order valence-corrected chi connectivity index (χ3v) is 5.92. The Labute approximate surface area is 199 Å². The molecule has 0 bridgehead atoms. The number of nitrogens with one attached hydrogen (secondary N) is 2. The first-order valence-electron chi connectivity index (χ1n) is 9.96. The SMILES string of the molecule is COc1ccc2nc(C)sc2c1C(=O)Nc1cnccc1C(=O)Nc1ccc(F)c(C(F)(F)F)c1. The van der Waals surface area contributed by atoms with Crippen LogP contribution in [-0.2, 0) is 6.18 Å². The fourth-order valence-corrected chi connectivity index (χ4v) is 4.32. The highest BCUT2D eigenvalue weighted by Gasteiger charge is 2.34. The Balaban J connectivity index is 1.64. The average Bonchev–Trinajstić information content (AvgIpc) is 3.19. The van der Waals surface area contributed by atoms with Gasteiger partial charge in [-0.25, -0.2) is 9.37 Å².